The molecule has 0 aliphatic rings. The summed E-state index contributed by atoms with van der Waals surface area (Å²) in [6, 6.07) is 23.2. The minimum Gasteiger partial charge on any atom is -0.326 e. The van der Waals surface area contributed by atoms with E-state index < -0.39 is 0 Å². The molecule has 3 N–H and O–H groups in total. The molecule has 148 valence electrons. The SMILES string of the molecule is O=C(CCc1nc2ccccc2n1-c1ccccc1)Nc1ccc2[nH]c(=O)[nH]c2c1. The van der Waals surface area contributed by atoms with Gasteiger partial charge in [0.05, 0.1) is 22.1 Å². The molecule has 0 spiro atoms. The second-order valence-corrected chi connectivity index (χ2v) is 7.08. The first kappa shape index (κ1) is 17.9. The number of hydrogen-bond donors (Lipinski definition) is 3. The standard InChI is InChI=1S/C23H19N5O2/c29-22(24-15-10-11-17-19(14-15)27-23(30)26-17)13-12-21-25-18-8-4-5-9-20(18)28(21)16-6-2-1-3-7-16/h1-11,14H,12-13H2,(H,24,29)(H2,26,27,30). The van der Waals surface area contributed by atoms with Crippen molar-refractivity contribution in [2.45, 2.75) is 12.8 Å². The number of hydrogen-bond acceptors (Lipinski definition) is 3. The molecule has 0 unspecified atom stereocenters. The summed E-state index contributed by atoms with van der Waals surface area (Å²) in [4.78, 5) is 34.1. The second-order valence-electron chi connectivity index (χ2n) is 7.08. The Balaban J connectivity index is 1.38. The lowest BCUT2D eigenvalue weighted by Crippen LogP contribution is -2.13. The summed E-state index contributed by atoms with van der Waals surface area (Å²) in [6.45, 7) is 0. The number of nitrogens with one attached hydrogen (secondary N) is 3. The third-order valence-corrected chi connectivity index (χ3v) is 5.02. The molecule has 30 heavy (non-hydrogen) atoms. The number of rotatable bonds is 5. The normalized spacial score (nSPS) is 11.2. The van der Waals surface area contributed by atoms with Crippen LogP contribution in [0.4, 0.5) is 5.69 Å². The van der Waals surface area contributed by atoms with Gasteiger partial charge in [0.1, 0.15) is 5.82 Å². The molecule has 2 aromatic heterocycles. The Morgan fingerprint density at radius 2 is 1.70 bits per heavy atom. The molecule has 1 amide bonds. The van der Waals surface area contributed by atoms with Gasteiger partial charge in [0, 0.05) is 24.2 Å². The van der Waals surface area contributed by atoms with Crippen LogP contribution >= 0.6 is 0 Å². The van der Waals surface area contributed by atoms with Crippen LogP contribution in [0.2, 0.25) is 0 Å². The molecule has 0 saturated heterocycles. The van der Waals surface area contributed by atoms with Gasteiger partial charge in [0.2, 0.25) is 5.91 Å². The number of anilines is 1. The summed E-state index contributed by atoms with van der Waals surface area (Å²) in [5.41, 5.74) is 4.66. The summed E-state index contributed by atoms with van der Waals surface area (Å²) in [6.07, 6.45) is 0.788. The molecular formula is C23H19N5O2. The van der Waals surface area contributed by atoms with Gasteiger partial charge in [0.15, 0.2) is 0 Å². The molecule has 0 atom stereocenters. The van der Waals surface area contributed by atoms with Crippen LogP contribution in [0.5, 0.6) is 0 Å². The number of para-hydroxylation sites is 3. The highest BCUT2D eigenvalue weighted by molar-refractivity contribution is 5.93. The molecule has 0 aliphatic heterocycles. The van der Waals surface area contributed by atoms with E-state index in [2.05, 4.69) is 19.9 Å². The van der Waals surface area contributed by atoms with Gasteiger partial charge in [-0.1, -0.05) is 30.3 Å². The van der Waals surface area contributed by atoms with Gasteiger partial charge in [0.25, 0.3) is 0 Å². The van der Waals surface area contributed by atoms with Crippen molar-refractivity contribution < 1.29 is 4.79 Å². The van der Waals surface area contributed by atoms with Crippen LogP contribution in [0.25, 0.3) is 27.8 Å². The lowest BCUT2D eigenvalue weighted by Gasteiger charge is -2.10. The van der Waals surface area contributed by atoms with Crippen LogP contribution in [0.3, 0.4) is 0 Å². The number of amides is 1. The molecule has 0 fully saturated rings. The van der Waals surface area contributed by atoms with E-state index in [1.807, 2.05) is 54.6 Å². The number of H-pyrrole nitrogens is 2. The number of imidazole rings is 2. The molecule has 7 nitrogen and oxygen atoms in total. The van der Waals surface area contributed by atoms with Gasteiger partial charge in [-0.15, -0.1) is 0 Å². The number of carbonyl (C=O) groups excluding carboxylic acids is 1. The summed E-state index contributed by atoms with van der Waals surface area (Å²) >= 11 is 0. The average molecular weight is 397 g/mol. The average Bonchev–Trinajstić information content (AvgIpc) is 3.31. The molecule has 0 bridgehead atoms. The number of benzene rings is 3. The van der Waals surface area contributed by atoms with Gasteiger partial charge in [-0.25, -0.2) is 9.78 Å². The maximum Gasteiger partial charge on any atom is 0.323 e. The number of fused-ring (bicyclic) bond motifs is 2. The number of carbonyl (C=O) groups is 1. The molecule has 0 aliphatic carbocycles. The quantitative estimate of drug-likeness (QED) is 0.421. The summed E-state index contributed by atoms with van der Waals surface area (Å²) < 4.78 is 2.10. The highest BCUT2D eigenvalue weighted by atomic mass is 16.1. The van der Waals surface area contributed by atoms with Crippen LogP contribution in [0.15, 0.2) is 77.6 Å². The van der Waals surface area contributed by atoms with Crippen LogP contribution in [0, 0.1) is 0 Å². The highest BCUT2D eigenvalue weighted by Crippen LogP contribution is 2.22. The third-order valence-electron chi connectivity index (χ3n) is 5.02. The van der Waals surface area contributed by atoms with Crippen molar-refractivity contribution in [3.05, 3.63) is 89.1 Å². The molecule has 0 saturated carbocycles. The Labute approximate surface area is 171 Å². The minimum atomic E-state index is -0.270. The maximum atomic E-state index is 12.6. The first-order chi connectivity index (χ1) is 14.7. The lowest BCUT2D eigenvalue weighted by molar-refractivity contribution is -0.116. The van der Waals surface area contributed by atoms with E-state index in [9.17, 15) is 9.59 Å². The first-order valence-corrected chi connectivity index (χ1v) is 9.71. The molecule has 0 radical (unpaired) electrons. The molecule has 5 rings (SSSR count). The fourth-order valence-electron chi connectivity index (χ4n) is 3.67. The second kappa shape index (κ2) is 7.36. The Morgan fingerprint density at radius 1 is 0.933 bits per heavy atom. The first-order valence-electron chi connectivity index (χ1n) is 9.71. The van der Waals surface area contributed by atoms with E-state index in [4.69, 9.17) is 4.98 Å². The highest BCUT2D eigenvalue weighted by Gasteiger charge is 2.14. The minimum absolute atomic E-state index is 0.112. The fraction of sp³-hybridized carbons (Fsp3) is 0.0870. The maximum absolute atomic E-state index is 12.6. The summed E-state index contributed by atoms with van der Waals surface area (Å²) in [7, 11) is 0. The van der Waals surface area contributed by atoms with Crippen molar-refractivity contribution in [2.24, 2.45) is 0 Å². The smallest absolute Gasteiger partial charge is 0.323 e. The van der Waals surface area contributed by atoms with E-state index in [1.54, 1.807) is 18.2 Å². The van der Waals surface area contributed by atoms with E-state index in [-0.39, 0.29) is 18.0 Å². The van der Waals surface area contributed by atoms with Crippen LogP contribution in [-0.2, 0) is 11.2 Å². The zero-order valence-corrected chi connectivity index (χ0v) is 16.1. The van der Waals surface area contributed by atoms with Gasteiger partial charge in [-0.05, 0) is 42.5 Å². The fourth-order valence-corrected chi connectivity index (χ4v) is 3.67. The van der Waals surface area contributed by atoms with Gasteiger partial charge >= 0.3 is 5.69 Å². The Bertz CT molecular complexity index is 1410. The van der Waals surface area contributed by atoms with Gasteiger partial charge in [-0.2, -0.15) is 0 Å². The predicted molar refractivity (Wildman–Crippen MR) is 117 cm³/mol. The zero-order chi connectivity index (χ0) is 20.5. The largest absolute Gasteiger partial charge is 0.326 e. The Morgan fingerprint density at radius 3 is 2.57 bits per heavy atom. The molecule has 3 aromatic carbocycles. The monoisotopic (exact) mass is 397 g/mol. The third kappa shape index (κ3) is 3.37. The van der Waals surface area contributed by atoms with Crippen molar-refractivity contribution in [2.75, 3.05) is 5.32 Å². The summed E-state index contributed by atoms with van der Waals surface area (Å²) in [5.74, 6) is 0.724. The van der Waals surface area contributed by atoms with Crippen LogP contribution in [-0.4, -0.2) is 25.4 Å². The lowest BCUT2D eigenvalue weighted by atomic mass is 10.2. The Kier molecular flexibility index (Phi) is 4.40. The van der Waals surface area contributed by atoms with Crippen molar-refractivity contribution in [3.63, 3.8) is 0 Å². The number of aromatic amines is 2. The topological polar surface area (TPSA) is 95.6 Å². The van der Waals surface area contributed by atoms with E-state index >= 15 is 0 Å². The number of nitrogens with zero attached hydrogens (tertiary/aromatic N) is 2. The number of aromatic nitrogens is 4. The number of aryl methyl sites for hydroxylation is 1. The van der Waals surface area contributed by atoms with Crippen molar-refractivity contribution in [1.82, 2.24) is 19.5 Å². The van der Waals surface area contributed by atoms with E-state index in [1.165, 1.54) is 0 Å². The van der Waals surface area contributed by atoms with Gasteiger partial charge in [-0.3, -0.25) is 9.36 Å². The van der Waals surface area contributed by atoms with Gasteiger partial charge < -0.3 is 15.3 Å². The van der Waals surface area contributed by atoms with Crippen LogP contribution in [0.1, 0.15) is 12.2 Å². The van der Waals surface area contributed by atoms with Crippen molar-refractivity contribution >= 4 is 33.7 Å². The predicted octanol–water partition coefficient (Wildman–Crippen LogP) is 3.77. The summed E-state index contributed by atoms with van der Waals surface area (Å²) in [5, 5.41) is 2.89. The van der Waals surface area contributed by atoms with Crippen molar-refractivity contribution in [3.8, 4) is 5.69 Å². The Hall–Kier alpha value is -4.13. The van der Waals surface area contributed by atoms with E-state index in [0.29, 0.717) is 23.1 Å². The van der Waals surface area contributed by atoms with Crippen molar-refractivity contribution in [1.29, 1.82) is 0 Å². The zero-order valence-electron chi connectivity index (χ0n) is 16.1. The van der Waals surface area contributed by atoms with Crippen LogP contribution < -0.4 is 11.0 Å². The molecule has 2 heterocycles. The molecule has 7 heteroatoms. The molecular weight excluding hydrogens is 378 g/mol. The molecule has 5 aromatic rings. The van der Waals surface area contributed by atoms with E-state index in [0.717, 1.165) is 22.5 Å².